The van der Waals surface area contributed by atoms with Crippen molar-refractivity contribution in [3.05, 3.63) is 113 Å². The molecule has 1 aromatic heterocycles. The molecule has 40 heavy (non-hydrogen) atoms. The van der Waals surface area contributed by atoms with Gasteiger partial charge in [-0.25, -0.2) is 4.98 Å². The highest BCUT2D eigenvalue weighted by Crippen LogP contribution is 2.34. The van der Waals surface area contributed by atoms with E-state index >= 15 is 0 Å². The van der Waals surface area contributed by atoms with Gasteiger partial charge in [-0.3, -0.25) is 4.90 Å². The number of methoxy groups -OCH3 is 2. The second-order valence-corrected chi connectivity index (χ2v) is 10.4. The lowest BCUT2D eigenvalue weighted by Crippen LogP contribution is -2.24. The predicted molar refractivity (Wildman–Crippen MR) is 164 cm³/mol. The third-order valence-corrected chi connectivity index (χ3v) is 7.66. The molecule has 0 unspecified atom stereocenters. The molecule has 5 rings (SSSR count). The van der Waals surface area contributed by atoms with Gasteiger partial charge in [-0.15, -0.1) is 0 Å². The molecule has 0 bridgehead atoms. The Morgan fingerprint density at radius 1 is 0.800 bits per heavy atom. The fraction of sp³-hybridized carbons (Fsp3) is 0.265. The van der Waals surface area contributed by atoms with Crippen molar-refractivity contribution in [2.75, 3.05) is 14.2 Å². The van der Waals surface area contributed by atoms with E-state index in [-0.39, 0.29) is 0 Å². The predicted octanol–water partition coefficient (Wildman–Crippen LogP) is 8.38. The summed E-state index contributed by atoms with van der Waals surface area (Å²) in [6, 6.07) is 29.4. The topological polar surface area (TPSA) is 39.5 Å². The van der Waals surface area contributed by atoms with Gasteiger partial charge in [0.25, 0.3) is 0 Å². The number of aromatic nitrogens is 2. The second kappa shape index (κ2) is 13.0. The number of rotatable bonds is 12. The summed E-state index contributed by atoms with van der Waals surface area (Å²) in [5.74, 6) is 2.31. The minimum Gasteiger partial charge on any atom is -0.493 e. The Morgan fingerprint density at radius 2 is 1.50 bits per heavy atom. The maximum Gasteiger partial charge on any atom is 0.162 e. The van der Waals surface area contributed by atoms with Gasteiger partial charge >= 0.3 is 0 Å². The van der Waals surface area contributed by atoms with E-state index < -0.39 is 0 Å². The van der Waals surface area contributed by atoms with Gasteiger partial charge in [0.05, 0.1) is 26.1 Å². The normalized spacial score (nSPS) is 11.3. The van der Waals surface area contributed by atoms with Crippen molar-refractivity contribution < 1.29 is 9.47 Å². The van der Waals surface area contributed by atoms with Gasteiger partial charge in [0.2, 0.25) is 0 Å². The number of ether oxygens (including phenoxy) is 2. The van der Waals surface area contributed by atoms with Crippen molar-refractivity contribution in [3.8, 4) is 22.9 Å². The van der Waals surface area contributed by atoms with Crippen LogP contribution in [0, 0.1) is 0 Å². The maximum atomic E-state index is 6.79. The maximum absolute atomic E-state index is 6.79. The number of fused-ring (bicyclic) bond motifs is 1. The molecule has 0 amide bonds. The van der Waals surface area contributed by atoms with Crippen molar-refractivity contribution in [2.45, 2.75) is 45.9 Å². The third kappa shape index (κ3) is 6.16. The second-order valence-electron chi connectivity index (χ2n) is 10.0. The molecule has 0 aliphatic heterocycles. The number of halogens is 1. The fourth-order valence-corrected chi connectivity index (χ4v) is 5.46. The molecule has 0 spiro atoms. The van der Waals surface area contributed by atoms with Crippen LogP contribution in [0.5, 0.6) is 11.5 Å². The Kier molecular flexibility index (Phi) is 9.04. The van der Waals surface area contributed by atoms with Crippen LogP contribution in [-0.4, -0.2) is 28.7 Å². The fourth-order valence-electron chi connectivity index (χ4n) is 5.25. The van der Waals surface area contributed by atoms with Crippen molar-refractivity contribution in [2.24, 2.45) is 0 Å². The van der Waals surface area contributed by atoms with Crippen LogP contribution in [0.15, 0.2) is 91.1 Å². The highest BCUT2D eigenvalue weighted by atomic mass is 35.5. The molecular weight excluding hydrogens is 518 g/mol. The molecule has 206 valence electrons. The minimum absolute atomic E-state index is 0.627. The zero-order valence-corrected chi connectivity index (χ0v) is 24.2. The molecule has 6 heteroatoms. The lowest BCUT2D eigenvalue weighted by atomic mass is 10.0. The molecule has 0 atom stereocenters. The van der Waals surface area contributed by atoms with Crippen LogP contribution in [0.1, 0.15) is 36.6 Å². The summed E-state index contributed by atoms with van der Waals surface area (Å²) in [6.45, 7) is 5.27. The number of benzene rings is 4. The van der Waals surface area contributed by atoms with Crippen LogP contribution in [-0.2, 0) is 26.2 Å². The highest BCUT2D eigenvalue weighted by molar-refractivity contribution is 6.31. The van der Waals surface area contributed by atoms with E-state index in [4.69, 9.17) is 26.1 Å². The largest absolute Gasteiger partial charge is 0.493 e. The van der Waals surface area contributed by atoms with Crippen molar-refractivity contribution in [1.29, 1.82) is 0 Å². The Balaban J connectivity index is 1.54. The lowest BCUT2D eigenvalue weighted by Gasteiger charge is -2.25. The number of hydrogen-bond acceptors (Lipinski definition) is 4. The van der Waals surface area contributed by atoms with Gasteiger partial charge in [-0.2, -0.15) is 0 Å². The first-order valence-electron chi connectivity index (χ1n) is 13.8. The molecular formula is C34H36ClN3O2. The van der Waals surface area contributed by atoms with Crippen molar-refractivity contribution >= 4 is 22.4 Å². The van der Waals surface area contributed by atoms with Crippen LogP contribution in [0.3, 0.4) is 0 Å². The minimum atomic E-state index is 0.627. The molecule has 0 saturated carbocycles. The third-order valence-electron chi connectivity index (χ3n) is 7.31. The van der Waals surface area contributed by atoms with E-state index in [1.165, 1.54) is 22.0 Å². The summed E-state index contributed by atoms with van der Waals surface area (Å²) in [7, 11) is 3.28. The number of imidazole rings is 1. The quantitative estimate of drug-likeness (QED) is 0.155. The Hall–Kier alpha value is -3.80. The summed E-state index contributed by atoms with van der Waals surface area (Å²) in [6.07, 6.45) is 4.24. The Morgan fingerprint density at radius 3 is 2.27 bits per heavy atom. The molecule has 0 fully saturated rings. The van der Waals surface area contributed by atoms with Gasteiger partial charge in [0.15, 0.2) is 11.5 Å². The van der Waals surface area contributed by atoms with Gasteiger partial charge in [0, 0.05) is 42.8 Å². The van der Waals surface area contributed by atoms with Crippen molar-refractivity contribution in [3.63, 3.8) is 0 Å². The van der Waals surface area contributed by atoms with Gasteiger partial charge in [-0.1, -0.05) is 97.7 Å². The van der Waals surface area contributed by atoms with E-state index in [0.717, 1.165) is 49.4 Å². The molecule has 5 aromatic rings. The summed E-state index contributed by atoms with van der Waals surface area (Å²) < 4.78 is 13.5. The van der Waals surface area contributed by atoms with Crippen LogP contribution in [0.4, 0.5) is 0 Å². The Bertz CT molecular complexity index is 1560. The zero-order valence-electron chi connectivity index (χ0n) is 23.4. The molecule has 5 nitrogen and oxygen atoms in total. The summed E-state index contributed by atoms with van der Waals surface area (Å²) in [5, 5.41) is 3.16. The zero-order chi connectivity index (χ0) is 27.9. The molecule has 0 aliphatic rings. The molecule has 0 N–H and O–H groups in total. The van der Waals surface area contributed by atoms with Crippen LogP contribution >= 0.6 is 11.6 Å². The van der Waals surface area contributed by atoms with E-state index in [9.17, 15) is 0 Å². The lowest BCUT2D eigenvalue weighted by molar-refractivity contribution is 0.241. The molecule has 0 saturated heterocycles. The number of unbranched alkanes of at least 4 members (excludes halogenated alkanes) is 1. The van der Waals surface area contributed by atoms with Crippen LogP contribution in [0.25, 0.3) is 22.2 Å². The molecule has 4 aromatic carbocycles. The van der Waals surface area contributed by atoms with Crippen molar-refractivity contribution in [1.82, 2.24) is 14.5 Å². The average molecular weight is 554 g/mol. The SMILES string of the molecule is CCCCn1c(CN(Cc2cc(OC)c(OC)cc2Cl)Cc2cccc3ccccc23)cnc1-c1ccccc1. The summed E-state index contributed by atoms with van der Waals surface area (Å²) in [5.41, 5.74) is 4.58. The molecule has 0 aliphatic carbocycles. The first kappa shape index (κ1) is 27.8. The molecule has 0 radical (unpaired) electrons. The Labute approximate surface area is 241 Å². The van der Waals surface area contributed by atoms with E-state index in [1.54, 1.807) is 14.2 Å². The average Bonchev–Trinajstić information content (AvgIpc) is 3.39. The van der Waals surface area contributed by atoms with E-state index in [0.29, 0.717) is 23.1 Å². The van der Waals surface area contributed by atoms with E-state index in [1.807, 2.05) is 24.4 Å². The summed E-state index contributed by atoms with van der Waals surface area (Å²) >= 11 is 6.79. The smallest absolute Gasteiger partial charge is 0.162 e. The standard InChI is InChI=1S/C34H36ClN3O2/c1-4-5-18-38-29(21-36-34(38)26-13-7-6-8-14-26)24-37(22-27-16-11-15-25-12-9-10-17-30(25)27)23-28-19-32(39-2)33(40-3)20-31(28)35/h6-17,19-21H,4-5,18,22-24H2,1-3H3. The number of hydrogen-bond donors (Lipinski definition) is 0. The van der Waals surface area contributed by atoms with Crippen LogP contribution in [0.2, 0.25) is 5.02 Å². The summed E-state index contributed by atoms with van der Waals surface area (Å²) in [4.78, 5) is 7.33. The first-order valence-corrected chi connectivity index (χ1v) is 14.2. The van der Waals surface area contributed by atoms with Gasteiger partial charge < -0.3 is 14.0 Å². The number of nitrogens with zero attached hydrogens (tertiary/aromatic N) is 3. The van der Waals surface area contributed by atoms with Gasteiger partial charge in [-0.05, 0) is 34.4 Å². The monoisotopic (exact) mass is 553 g/mol. The van der Waals surface area contributed by atoms with Gasteiger partial charge in [0.1, 0.15) is 5.82 Å². The molecule has 1 heterocycles. The first-order chi connectivity index (χ1) is 19.6. The van der Waals surface area contributed by atoms with E-state index in [2.05, 4.69) is 83.1 Å². The van der Waals surface area contributed by atoms with Crippen LogP contribution < -0.4 is 9.47 Å². The highest BCUT2D eigenvalue weighted by Gasteiger charge is 2.19.